The molecule has 0 spiro atoms. The first-order chi connectivity index (χ1) is 7.20. The summed E-state index contributed by atoms with van der Waals surface area (Å²) >= 11 is 0. The summed E-state index contributed by atoms with van der Waals surface area (Å²) in [6.45, 7) is 0. The molecule has 0 aromatic carbocycles. The number of rotatable bonds is 4. The molecular weight excluding hydrogens is 200 g/mol. The molecule has 80 valence electrons. The molecule has 0 atom stereocenters. The number of nitrogens with one attached hydrogen (secondary N) is 2. The second-order valence-electron chi connectivity index (χ2n) is 3.25. The average molecular weight is 210 g/mol. The number of nitrogens with zero attached hydrogens (tertiary/aromatic N) is 3. The third-order valence-electron chi connectivity index (χ3n) is 2.01. The summed E-state index contributed by atoms with van der Waals surface area (Å²) in [4.78, 5) is 17.7. The molecule has 1 aromatic heterocycles. The van der Waals surface area contributed by atoms with Crippen LogP contribution in [0, 0.1) is 10.1 Å². The van der Waals surface area contributed by atoms with Gasteiger partial charge in [0.15, 0.2) is 0 Å². The number of anilines is 2. The van der Waals surface area contributed by atoms with Crippen molar-refractivity contribution in [3.63, 3.8) is 0 Å². The van der Waals surface area contributed by atoms with Gasteiger partial charge in [0.05, 0.1) is 4.92 Å². The molecule has 0 amide bonds. The topological polar surface area (TPSA) is 119 Å². The second kappa shape index (κ2) is 3.65. The van der Waals surface area contributed by atoms with E-state index in [1.54, 1.807) is 0 Å². The van der Waals surface area contributed by atoms with Crippen LogP contribution in [0.3, 0.4) is 0 Å². The highest BCUT2D eigenvalue weighted by Crippen LogP contribution is 2.29. The predicted octanol–water partition coefficient (Wildman–Crippen LogP) is 0.245. The number of aromatic nitrogens is 2. The highest BCUT2D eigenvalue weighted by atomic mass is 16.6. The summed E-state index contributed by atoms with van der Waals surface area (Å²) in [6.07, 6.45) is 3.14. The van der Waals surface area contributed by atoms with Gasteiger partial charge < -0.3 is 5.32 Å². The molecule has 1 fully saturated rings. The van der Waals surface area contributed by atoms with E-state index in [0.717, 1.165) is 19.0 Å². The fourth-order valence-electron chi connectivity index (χ4n) is 1.11. The maximum atomic E-state index is 10.7. The maximum absolute atomic E-state index is 10.7. The quantitative estimate of drug-likeness (QED) is 0.370. The van der Waals surface area contributed by atoms with Crippen LogP contribution in [-0.2, 0) is 0 Å². The highest BCUT2D eigenvalue weighted by molar-refractivity contribution is 5.57. The molecule has 0 radical (unpaired) electrons. The van der Waals surface area contributed by atoms with Crippen molar-refractivity contribution in [1.82, 2.24) is 9.97 Å². The van der Waals surface area contributed by atoms with Crippen molar-refractivity contribution in [2.75, 3.05) is 10.7 Å². The largest absolute Gasteiger partial charge is 0.361 e. The van der Waals surface area contributed by atoms with Crippen LogP contribution in [0.1, 0.15) is 12.8 Å². The van der Waals surface area contributed by atoms with Crippen molar-refractivity contribution in [2.45, 2.75) is 18.9 Å². The summed E-state index contributed by atoms with van der Waals surface area (Å²) in [7, 11) is 0. The Morgan fingerprint density at radius 1 is 1.60 bits per heavy atom. The van der Waals surface area contributed by atoms with E-state index in [1.807, 2.05) is 0 Å². The Morgan fingerprint density at radius 3 is 2.87 bits per heavy atom. The fourth-order valence-corrected chi connectivity index (χ4v) is 1.11. The van der Waals surface area contributed by atoms with Crippen molar-refractivity contribution in [2.24, 2.45) is 5.84 Å². The first kappa shape index (κ1) is 9.59. The third kappa shape index (κ3) is 2.10. The molecule has 0 aliphatic heterocycles. The Hall–Kier alpha value is -1.96. The summed E-state index contributed by atoms with van der Waals surface area (Å²) in [5.41, 5.74) is 2.10. The van der Waals surface area contributed by atoms with Crippen molar-refractivity contribution in [1.29, 1.82) is 0 Å². The predicted molar refractivity (Wildman–Crippen MR) is 53.1 cm³/mol. The monoisotopic (exact) mass is 210 g/mol. The van der Waals surface area contributed by atoms with E-state index >= 15 is 0 Å². The van der Waals surface area contributed by atoms with Gasteiger partial charge in [-0.05, 0) is 12.8 Å². The number of hydrogen-bond donors (Lipinski definition) is 3. The Labute approximate surface area is 85.0 Å². The maximum Gasteiger partial charge on any atom is 0.329 e. The van der Waals surface area contributed by atoms with Crippen LogP contribution in [0.4, 0.5) is 17.5 Å². The van der Waals surface area contributed by atoms with Gasteiger partial charge in [-0.2, -0.15) is 4.98 Å². The van der Waals surface area contributed by atoms with Gasteiger partial charge in [0.25, 0.3) is 0 Å². The lowest BCUT2D eigenvalue weighted by atomic mass is 10.4. The van der Waals surface area contributed by atoms with Crippen LogP contribution < -0.4 is 16.6 Å². The van der Waals surface area contributed by atoms with Crippen molar-refractivity contribution in [3.8, 4) is 0 Å². The number of nitrogens with two attached hydrogens (primary N) is 1. The van der Waals surface area contributed by atoms with Crippen molar-refractivity contribution >= 4 is 17.5 Å². The van der Waals surface area contributed by atoms with E-state index in [-0.39, 0.29) is 23.5 Å². The van der Waals surface area contributed by atoms with Crippen LogP contribution in [0.5, 0.6) is 0 Å². The minimum Gasteiger partial charge on any atom is -0.361 e. The summed E-state index contributed by atoms with van der Waals surface area (Å²) in [6, 6.07) is 0.282. The first-order valence-electron chi connectivity index (χ1n) is 4.45. The minimum atomic E-state index is -0.523. The van der Waals surface area contributed by atoms with E-state index in [0.29, 0.717) is 0 Å². The minimum absolute atomic E-state index is 0.138. The molecule has 1 saturated carbocycles. The van der Waals surface area contributed by atoms with Gasteiger partial charge in [-0.3, -0.25) is 15.5 Å². The molecule has 1 aliphatic rings. The van der Waals surface area contributed by atoms with Crippen LogP contribution in [0.15, 0.2) is 6.20 Å². The van der Waals surface area contributed by atoms with Crippen LogP contribution >= 0.6 is 0 Å². The lowest BCUT2D eigenvalue weighted by molar-refractivity contribution is -0.384. The average Bonchev–Trinajstić information content (AvgIpc) is 3.01. The molecule has 2 rings (SSSR count). The molecule has 1 aromatic rings. The van der Waals surface area contributed by atoms with Gasteiger partial charge in [-0.25, -0.2) is 10.8 Å². The normalized spacial score (nSPS) is 14.7. The first-order valence-corrected chi connectivity index (χ1v) is 4.45. The molecule has 8 nitrogen and oxygen atoms in total. The standard InChI is InChI=1S/C7H10N6O2/c8-12-7-9-3-5(13(14)15)6(11-7)10-4-1-2-4/h3-4H,1-2,8H2,(H2,9,10,11,12). The number of hydrazine groups is 1. The molecule has 0 bridgehead atoms. The molecule has 0 saturated heterocycles. The van der Waals surface area contributed by atoms with E-state index < -0.39 is 4.92 Å². The number of nitro groups is 1. The Morgan fingerprint density at radius 2 is 2.33 bits per heavy atom. The van der Waals surface area contributed by atoms with Crippen LogP contribution in [0.25, 0.3) is 0 Å². The molecule has 1 heterocycles. The SMILES string of the molecule is NNc1ncc([N+](=O)[O-])c(NC2CC2)n1. The van der Waals surface area contributed by atoms with E-state index in [9.17, 15) is 10.1 Å². The Kier molecular flexibility index (Phi) is 2.34. The second-order valence-corrected chi connectivity index (χ2v) is 3.25. The highest BCUT2D eigenvalue weighted by Gasteiger charge is 2.26. The van der Waals surface area contributed by atoms with E-state index in [1.165, 1.54) is 0 Å². The lowest BCUT2D eigenvalue weighted by Gasteiger charge is -2.05. The molecule has 8 heteroatoms. The van der Waals surface area contributed by atoms with Crippen molar-refractivity contribution < 1.29 is 4.92 Å². The van der Waals surface area contributed by atoms with Gasteiger partial charge in [0.2, 0.25) is 11.8 Å². The smallest absolute Gasteiger partial charge is 0.329 e. The van der Waals surface area contributed by atoms with E-state index in [4.69, 9.17) is 5.84 Å². The van der Waals surface area contributed by atoms with E-state index in [2.05, 4.69) is 20.7 Å². The number of hydrogen-bond acceptors (Lipinski definition) is 7. The molecule has 15 heavy (non-hydrogen) atoms. The zero-order valence-electron chi connectivity index (χ0n) is 7.80. The summed E-state index contributed by atoms with van der Waals surface area (Å²) in [5.74, 6) is 5.49. The molecule has 0 unspecified atom stereocenters. The number of nitrogen functional groups attached to an aromatic ring is 1. The molecular formula is C7H10N6O2. The Bertz CT molecular complexity index is 391. The van der Waals surface area contributed by atoms with Gasteiger partial charge in [-0.1, -0.05) is 0 Å². The van der Waals surface area contributed by atoms with Crippen LogP contribution in [-0.4, -0.2) is 20.9 Å². The van der Waals surface area contributed by atoms with Gasteiger partial charge in [0.1, 0.15) is 6.20 Å². The fraction of sp³-hybridized carbons (Fsp3) is 0.429. The Balaban J connectivity index is 2.30. The zero-order valence-corrected chi connectivity index (χ0v) is 7.80. The van der Waals surface area contributed by atoms with Crippen LogP contribution in [0.2, 0.25) is 0 Å². The molecule has 4 N–H and O–H groups in total. The lowest BCUT2D eigenvalue weighted by Crippen LogP contribution is -2.13. The summed E-state index contributed by atoms with van der Waals surface area (Å²) in [5, 5.41) is 13.6. The molecule has 1 aliphatic carbocycles. The van der Waals surface area contributed by atoms with Gasteiger partial charge >= 0.3 is 5.69 Å². The van der Waals surface area contributed by atoms with Gasteiger partial charge in [-0.15, -0.1) is 0 Å². The zero-order chi connectivity index (χ0) is 10.8. The van der Waals surface area contributed by atoms with Crippen molar-refractivity contribution in [3.05, 3.63) is 16.3 Å². The summed E-state index contributed by atoms with van der Waals surface area (Å²) < 4.78 is 0. The third-order valence-corrected chi connectivity index (χ3v) is 2.01. The van der Waals surface area contributed by atoms with Gasteiger partial charge in [0, 0.05) is 6.04 Å².